The van der Waals surface area contributed by atoms with Gasteiger partial charge in [0.1, 0.15) is 5.75 Å². The molecule has 0 bridgehead atoms. The van der Waals surface area contributed by atoms with Crippen LogP contribution < -0.4 is 14.4 Å². The number of rotatable bonds is 6. The molecule has 6 heteroatoms. The Hall–Kier alpha value is -1.27. The number of benzene rings is 1. The number of nitrogens with one attached hydrogen (secondary N) is 1. The molecule has 1 aromatic carbocycles. The predicted molar refractivity (Wildman–Crippen MR) is 80.8 cm³/mol. The predicted octanol–water partition coefficient (Wildman–Crippen LogP) is 1.60. The first-order chi connectivity index (χ1) is 9.65. The average Bonchev–Trinajstić information content (AvgIpc) is 2.66. The van der Waals surface area contributed by atoms with Crippen molar-refractivity contribution in [3.8, 4) is 5.75 Å². The van der Waals surface area contributed by atoms with Gasteiger partial charge in [-0.25, -0.2) is 8.42 Å². The highest BCUT2D eigenvalue weighted by atomic mass is 32.2. The molecule has 1 heterocycles. The summed E-state index contributed by atoms with van der Waals surface area (Å²) in [7, 11) is -3.31. The van der Waals surface area contributed by atoms with Gasteiger partial charge < -0.3 is 10.1 Å². The fraction of sp³-hybridized carbons (Fsp3) is 0.571. The van der Waals surface area contributed by atoms with Gasteiger partial charge in [-0.1, -0.05) is 19.1 Å². The minimum atomic E-state index is -3.31. The summed E-state index contributed by atoms with van der Waals surface area (Å²) in [6, 6.07) is 7.32. The Labute approximate surface area is 121 Å². The first-order valence-electron chi connectivity index (χ1n) is 7.08. The van der Waals surface area contributed by atoms with E-state index in [0.717, 1.165) is 13.0 Å². The van der Waals surface area contributed by atoms with Gasteiger partial charge in [-0.15, -0.1) is 0 Å². The summed E-state index contributed by atoms with van der Waals surface area (Å²) >= 11 is 0. The molecule has 0 saturated carbocycles. The molecule has 20 heavy (non-hydrogen) atoms. The Morgan fingerprint density at radius 2 is 2.10 bits per heavy atom. The number of para-hydroxylation sites is 2. The molecule has 0 unspecified atom stereocenters. The number of nitrogens with zero attached hydrogens (tertiary/aromatic N) is 1. The minimum absolute atomic E-state index is 0.112. The quantitative estimate of drug-likeness (QED) is 0.811. The van der Waals surface area contributed by atoms with Crippen molar-refractivity contribution < 1.29 is 13.2 Å². The lowest BCUT2D eigenvalue weighted by atomic mass is 10.3. The third-order valence-corrected chi connectivity index (χ3v) is 4.97. The van der Waals surface area contributed by atoms with E-state index in [9.17, 15) is 8.42 Å². The monoisotopic (exact) mass is 298 g/mol. The highest BCUT2D eigenvalue weighted by Gasteiger charge is 2.26. The van der Waals surface area contributed by atoms with Crippen molar-refractivity contribution in [2.24, 2.45) is 0 Å². The van der Waals surface area contributed by atoms with Crippen molar-refractivity contribution in [2.75, 3.05) is 36.3 Å². The Morgan fingerprint density at radius 3 is 2.90 bits per heavy atom. The maximum Gasteiger partial charge on any atom is 0.236 e. The third-order valence-electron chi connectivity index (χ3n) is 3.20. The lowest BCUT2D eigenvalue weighted by Gasteiger charge is -2.23. The maximum absolute atomic E-state index is 12.5. The molecule has 1 aromatic rings. The van der Waals surface area contributed by atoms with E-state index in [1.54, 1.807) is 6.07 Å². The van der Waals surface area contributed by atoms with Crippen LogP contribution in [0.25, 0.3) is 0 Å². The van der Waals surface area contributed by atoms with Gasteiger partial charge in [0.05, 0.1) is 18.0 Å². The van der Waals surface area contributed by atoms with E-state index in [-0.39, 0.29) is 5.75 Å². The van der Waals surface area contributed by atoms with Gasteiger partial charge in [-0.2, -0.15) is 0 Å². The summed E-state index contributed by atoms with van der Waals surface area (Å²) in [5.74, 6) is 0.761. The summed E-state index contributed by atoms with van der Waals surface area (Å²) < 4.78 is 32.1. The summed E-state index contributed by atoms with van der Waals surface area (Å²) in [5, 5.41) is 3.13. The molecule has 0 aliphatic carbocycles. The normalized spacial score (nSPS) is 15.3. The van der Waals surface area contributed by atoms with Crippen LogP contribution in [-0.2, 0) is 10.0 Å². The Balaban J connectivity index is 2.14. The van der Waals surface area contributed by atoms with E-state index in [1.165, 1.54) is 4.31 Å². The van der Waals surface area contributed by atoms with E-state index >= 15 is 0 Å². The lowest BCUT2D eigenvalue weighted by molar-refractivity contribution is 0.322. The number of anilines is 1. The topological polar surface area (TPSA) is 58.6 Å². The van der Waals surface area contributed by atoms with Crippen LogP contribution in [-0.4, -0.2) is 40.4 Å². The van der Waals surface area contributed by atoms with Crippen molar-refractivity contribution in [1.82, 2.24) is 5.32 Å². The molecule has 1 aliphatic heterocycles. The lowest BCUT2D eigenvalue weighted by Crippen LogP contribution is -2.37. The SMILES string of the molecule is CCCNCCS(=O)(=O)N1CCCOc2ccccc21. The maximum atomic E-state index is 12.5. The molecule has 0 aromatic heterocycles. The van der Waals surface area contributed by atoms with Gasteiger partial charge >= 0.3 is 0 Å². The molecule has 112 valence electrons. The van der Waals surface area contributed by atoms with Crippen LogP contribution in [0.2, 0.25) is 0 Å². The van der Waals surface area contributed by atoms with Gasteiger partial charge in [0.25, 0.3) is 0 Å². The highest BCUT2D eigenvalue weighted by Crippen LogP contribution is 2.32. The molecule has 1 N–H and O–H groups in total. The number of ether oxygens (including phenoxy) is 1. The van der Waals surface area contributed by atoms with Crippen molar-refractivity contribution in [3.05, 3.63) is 24.3 Å². The van der Waals surface area contributed by atoms with Gasteiger partial charge in [0.2, 0.25) is 10.0 Å². The second-order valence-corrected chi connectivity index (χ2v) is 6.82. The first kappa shape index (κ1) is 15.1. The van der Waals surface area contributed by atoms with Gasteiger partial charge in [0, 0.05) is 19.5 Å². The zero-order valence-electron chi connectivity index (χ0n) is 11.8. The van der Waals surface area contributed by atoms with E-state index < -0.39 is 10.0 Å². The zero-order valence-corrected chi connectivity index (χ0v) is 12.7. The molecule has 0 saturated heterocycles. The van der Waals surface area contributed by atoms with Crippen molar-refractivity contribution in [2.45, 2.75) is 19.8 Å². The molecule has 0 spiro atoms. The fourth-order valence-electron chi connectivity index (χ4n) is 2.20. The van der Waals surface area contributed by atoms with Crippen LogP contribution in [0.15, 0.2) is 24.3 Å². The average molecular weight is 298 g/mol. The molecular formula is C14H22N2O3S. The summed E-state index contributed by atoms with van der Waals surface area (Å²) in [4.78, 5) is 0. The van der Waals surface area contributed by atoms with Crippen LogP contribution >= 0.6 is 0 Å². The van der Waals surface area contributed by atoms with Crippen molar-refractivity contribution >= 4 is 15.7 Å². The Kier molecular flexibility index (Phi) is 5.25. The van der Waals surface area contributed by atoms with E-state index in [4.69, 9.17) is 4.74 Å². The number of hydrogen-bond donors (Lipinski definition) is 1. The van der Waals surface area contributed by atoms with Crippen molar-refractivity contribution in [1.29, 1.82) is 0 Å². The second-order valence-electron chi connectivity index (χ2n) is 4.81. The van der Waals surface area contributed by atoms with E-state index in [1.807, 2.05) is 18.2 Å². The number of sulfonamides is 1. The van der Waals surface area contributed by atoms with E-state index in [2.05, 4.69) is 12.2 Å². The number of fused-ring (bicyclic) bond motifs is 1. The van der Waals surface area contributed by atoms with Crippen LogP contribution in [0.5, 0.6) is 5.75 Å². The Bertz CT molecular complexity index is 531. The second kappa shape index (κ2) is 6.95. The molecule has 0 radical (unpaired) electrons. The first-order valence-corrected chi connectivity index (χ1v) is 8.69. The smallest absolute Gasteiger partial charge is 0.236 e. The third kappa shape index (κ3) is 3.64. The molecule has 2 rings (SSSR count). The summed E-state index contributed by atoms with van der Waals surface area (Å²) in [5.41, 5.74) is 0.653. The largest absolute Gasteiger partial charge is 0.491 e. The molecular weight excluding hydrogens is 276 g/mol. The zero-order chi connectivity index (χ0) is 14.4. The van der Waals surface area contributed by atoms with Crippen LogP contribution in [0.3, 0.4) is 0 Å². The summed E-state index contributed by atoms with van der Waals surface area (Å²) in [6.07, 6.45) is 1.71. The van der Waals surface area contributed by atoms with Crippen molar-refractivity contribution in [3.63, 3.8) is 0 Å². The van der Waals surface area contributed by atoms with E-state index in [0.29, 0.717) is 37.6 Å². The standard InChI is InChI=1S/C14H22N2O3S/c1-2-8-15-9-12-20(17,18)16-10-5-11-19-14-7-4-3-6-13(14)16/h3-4,6-7,15H,2,5,8-12H2,1H3. The summed E-state index contributed by atoms with van der Waals surface area (Å²) in [6.45, 7) is 4.42. The highest BCUT2D eigenvalue weighted by molar-refractivity contribution is 7.92. The van der Waals surface area contributed by atoms with Crippen LogP contribution in [0.4, 0.5) is 5.69 Å². The minimum Gasteiger partial charge on any atom is -0.491 e. The van der Waals surface area contributed by atoms with Crippen LogP contribution in [0, 0.1) is 0 Å². The Morgan fingerprint density at radius 1 is 1.30 bits per heavy atom. The molecule has 0 atom stereocenters. The number of hydrogen-bond acceptors (Lipinski definition) is 4. The molecule has 0 amide bonds. The van der Waals surface area contributed by atoms with Gasteiger partial charge in [-0.05, 0) is 25.1 Å². The molecule has 1 aliphatic rings. The fourth-order valence-corrected chi connectivity index (χ4v) is 3.68. The van der Waals surface area contributed by atoms with Crippen LogP contribution in [0.1, 0.15) is 19.8 Å². The molecule has 5 nitrogen and oxygen atoms in total. The molecule has 0 fully saturated rings. The van der Waals surface area contributed by atoms with Gasteiger partial charge in [-0.3, -0.25) is 4.31 Å². The van der Waals surface area contributed by atoms with Gasteiger partial charge in [0.15, 0.2) is 0 Å².